The van der Waals surface area contributed by atoms with Crippen LogP contribution in [-0.4, -0.2) is 40.9 Å². The van der Waals surface area contributed by atoms with Gasteiger partial charge >= 0.3 is 5.97 Å². The monoisotopic (exact) mass is 224 g/mol. The van der Waals surface area contributed by atoms with Crippen LogP contribution in [0.4, 0.5) is 5.82 Å². The average Bonchev–Trinajstić information content (AvgIpc) is 2.26. The number of aliphatic hydroxyl groups is 1. The SMILES string of the molecule is CC(O)CCN(C)c1ccc(C(=O)O)cn1. The highest BCUT2D eigenvalue weighted by Crippen LogP contribution is 2.10. The van der Waals surface area contributed by atoms with Crippen LogP contribution in [0.25, 0.3) is 0 Å². The number of anilines is 1. The van der Waals surface area contributed by atoms with Crippen molar-refractivity contribution in [3.05, 3.63) is 23.9 Å². The summed E-state index contributed by atoms with van der Waals surface area (Å²) in [6, 6.07) is 3.18. The lowest BCUT2D eigenvalue weighted by atomic mass is 10.2. The normalized spacial score (nSPS) is 12.2. The molecule has 0 aliphatic carbocycles. The van der Waals surface area contributed by atoms with Gasteiger partial charge in [-0.25, -0.2) is 9.78 Å². The fraction of sp³-hybridized carbons (Fsp3) is 0.455. The van der Waals surface area contributed by atoms with Gasteiger partial charge in [-0.15, -0.1) is 0 Å². The van der Waals surface area contributed by atoms with Crippen molar-refractivity contribution in [2.75, 3.05) is 18.5 Å². The van der Waals surface area contributed by atoms with Gasteiger partial charge < -0.3 is 15.1 Å². The number of nitrogens with zero attached hydrogens (tertiary/aromatic N) is 2. The van der Waals surface area contributed by atoms with Crippen LogP contribution in [0, 0.1) is 0 Å². The lowest BCUT2D eigenvalue weighted by Gasteiger charge is -2.18. The van der Waals surface area contributed by atoms with E-state index in [-0.39, 0.29) is 11.7 Å². The van der Waals surface area contributed by atoms with Crippen LogP contribution in [0.2, 0.25) is 0 Å². The van der Waals surface area contributed by atoms with Crippen LogP contribution in [0.3, 0.4) is 0 Å². The third-order valence-electron chi connectivity index (χ3n) is 2.27. The molecule has 0 fully saturated rings. The van der Waals surface area contributed by atoms with Gasteiger partial charge in [0.25, 0.3) is 0 Å². The third-order valence-corrected chi connectivity index (χ3v) is 2.27. The molecule has 1 aromatic rings. The van der Waals surface area contributed by atoms with Crippen LogP contribution < -0.4 is 4.90 Å². The summed E-state index contributed by atoms with van der Waals surface area (Å²) in [5.74, 6) is -0.281. The fourth-order valence-corrected chi connectivity index (χ4v) is 1.23. The number of carboxylic acids is 1. The van der Waals surface area contributed by atoms with Crippen molar-refractivity contribution in [1.29, 1.82) is 0 Å². The molecule has 0 radical (unpaired) electrons. The topological polar surface area (TPSA) is 73.7 Å². The molecule has 0 saturated heterocycles. The van der Waals surface area contributed by atoms with Crippen LogP contribution in [0.1, 0.15) is 23.7 Å². The molecule has 0 aromatic carbocycles. The number of hydrogen-bond donors (Lipinski definition) is 2. The van der Waals surface area contributed by atoms with E-state index in [4.69, 9.17) is 10.2 Å². The summed E-state index contributed by atoms with van der Waals surface area (Å²) >= 11 is 0. The highest BCUT2D eigenvalue weighted by atomic mass is 16.4. The van der Waals surface area contributed by atoms with Gasteiger partial charge in [-0.3, -0.25) is 0 Å². The highest BCUT2D eigenvalue weighted by Gasteiger charge is 2.06. The second-order valence-corrected chi connectivity index (χ2v) is 3.77. The van der Waals surface area contributed by atoms with E-state index in [9.17, 15) is 4.79 Å². The summed E-state index contributed by atoms with van der Waals surface area (Å²) in [5.41, 5.74) is 0.174. The zero-order valence-electron chi connectivity index (χ0n) is 9.42. The second kappa shape index (κ2) is 5.46. The number of carbonyl (C=O) groups is 1. The minimum absolute atomic E-state index is 0.174. The fourth-order valence-electron chi connectivity index (χ4n) is 1.23. The highest BCUT2D eigenvalue weighted by molar-refractivity contribution is 5.87. The molecular weight excluding hydrogens is 208 g/mol. The quantitative estimate of drug-likeness (QED) is 0.780. The molecule has 1 aromatic heterocycles. The predicted molar refractivity (Wildman–Crippen MR) is 60.8 cm³/mol. The first kappa shape index (κ1) is 12.4. The summed E-state index contributed by atoms with van der Waals surface area (Å²) in [6.07, 6.45) is 1.64. The van der Waals surface area contributed by atoms with Crippen LogP contribution in [0.15, 0.2) is 18.3 Å². The molecule has 1 unspecified atom stereocenters. The average molecular weight is 224 g/mol. The zero-order valence-corrected chi connectivity index (χ0v) is 9.42. The molecule has 2 N–H and O–H groups in total. The zero-order chi connectivity index (χ0) is 12.1. The summed E-state index contributed by atoms with van der Waals surface area (Å²) in [4.78, 5) is 16.5. The van der Waals surface area contributed by atoms with Crippen molar-refractivity contribution >= 4 is 11.8 Å². The maximum absolute atomic E-state index is 10.6. The van der Waals surface area contributed by atoms with Gasteiger partial charge in [0.15, 0.2) is 0 Å². The molecule has 0 aliphatic heterocycles. The Morgan fingerprint density at radius 2 is 2.25 bits per heavy atom. The number of aliphatic hydroxyl groups excluding tert-OH is 1. The molecule has 0 bridgehead atoms. The molecule has 1 atom stereocenters. The predicted octanol–water partition coefficient (Wildman–Crippen LogP) is 0.987. The molecule has 5 nitrogen and oxygen atoms in total. The summed E-state index contributed by atoms with van der Waals surface area (Å²) in [6.45, 7) is 2.41. The van der Waals surface area contributed by atoms with E-state index >= 15 is 0 Å². The van der Waals surface area contributed by atoms with Crippen molar-refractivity contribution in [1.82, 2.24) is 4.98 Å². The molecule has 5 heteroatoms. The van der Waals surface area contributed by atoms with E-state index < -0.39 is 5.97 Å². The molecule has 0 spiro atoms. The Hall–Kier alpha value is -1.62. The van der Waals surface area contributed by atoms with Crippen molar-refractivity contribution in [2.45, 2.75) is 19.4 Å². The van der Waals surface area contributed by atoms with Crippen LogP contribution in [-0.2, 0) is 0 Å². The van der Waals surface area contributed by atoms with E-state index in [0.29, 0.717) is 18.8 Å². The minimum atomic E-state index is -0.981. The van der Waals surface area contributed by atoms with E-state index in [1.165, 1.54) is 12.3 Å². The standard InChI is InChI=1S/C11H16N2O3/c1-8(14)5-6-13(2)10-4-3-9(7-12-10)11(15)16/h3-4,7-8,14H,5-6H2,1-2H3,(H,15,16). The van der Waals surface area contributed by atoms with E-state index in [2.05, 4.69) is 4.98 Å². The van der Waals surface area contributed by atoms with Crippen LogP contribution in [0.5, 0.6) is 0 Å². The summed E-state index contributed by atoms with van der Waals surface area (Å²) in [7, 11) is 1.85. The first-order chi connectivity index (χ1) is 7.50. The van der Waals surface area contributed by atoms with Crippen molar-refractivity contribution < 1.29 is 15.0 Å². The first-order valence-electron chi connectivity index (χ1n) is 5.09. The smallest absolute Gasteiger partial charge is 0.337 e. The molecule has 1 rings (SSSR count). The molecule has 0 amide bonds. The summed E-state index contributed by atoms with van der Waals surface area (Å²) in [5, 5.41) is 17.8. The second-order valence-electron chi connectivity index (χ2n) is 3.77. The number of pyridine rings is 1. The summed E-state index contributed by atoms with van der Waals surface area (Å²) < 4.78 is 0. The van der Waals surface area contributed by atoms with E-state index in [1.54, 1.807) is 13.0 Å². The molecule has 0 saturated carbocycles. The Balaban J connectivity index is 2.63. The van der Waals surface area contributed by atoms with E-state index in [0.717, 1.165) is 0 Å². The Kier molecular flexibility index (Phi) is 4.25. The number of rotatable bonds is 5. The molecule has 0 aliphatic rings. The van der Waals surface area contributed by atoms with Gasteiger partial charge in [-0.1, -0.05) is 0 Å². The Morgan fingerprint density at radius 1 is 1.56 bits per heavy atom. The molecule has 1 heterocycles. The number of carboxylic acid groups (broad SMARTS) is 1. The maximum Gasteiger partial charge on any atom is 0.337 e. The van der Waals surface area contributed by atoms with Gasteiger partial charge in [0.2, 0.25) is 0 Å². The first-order valence-corrected chi connectivity index (χ1v) is 5.09. The lowest BCUT2D eigenvalue weighted by molar-refractivity contribution is 0.0696. The minimum Gasteiger partial charge on any atom is -0.478 e. The van der Waals surface area contributed by atoms with Gasteiger partial charge in [0, 0.05) is 19.8 Å². The molecule has 88 valence electrons. The van der Waals surface area contributed by atoms with Crippen LogP contribution >= 0.6 is 0 Å². The van der Waals surface area contributed by atoms with Gasteiger partial charge in [-0.05, 0) is 25.5 Å². The molecular formula is C11H16N2O3. The maximum atomic E-state index is 10.6. The Labute approximate surface area is 94.4 Å². The third kappa shape index (κ3) is 3.51. The van der Waals surface area contributed by atoms with Gasteiger partial charge in [-0.2, -0.15) is 0 Å². The largest absolute Gasteiger partial charge is 0.478 e. The van der Waals surface area contributed by atoms with E-state index in [1.807, 2.05) is 11.9 Å². The Morgan fingerprint density at radius 3 is 2.69 bits per heavy atom. The van der Waals surface area contributed by atoms with Crippen molar-refractivity contribution in [2.24, 2.45) is 0 Å². The number of aromatic nitrogens is 1. The lowest BCUT2D eigenvalue weighted by Crippen LogP contribution is -2.22. The van der Waals surface area contributed by atoms with Gasteiger partial charge in [0.05, 0.1) is 11.7 Å². The van der Waals surface area contributed by atoms with Gasteiger partial charge in [0.1, 0.15) is 5.82 Å². The molecule has 16 heavy (non-hydrogen) atoms. The number of hydrogen-bond acceptors (Lipinski definition) is 4. The van der Waals surface area contributed by atoms with Crippen molar-refractivity contribution in [3.63, 3.8) is 0 Å². The van der Waals surface area contributed by atoms with Crippen molar-refractivity contribution in [3.8, 4) is 0 Å². The Bertz CT molecular complexity index is 349. The number of aromatic carboxylic acids is 1.